The van der Waals surface area contributed by atoms with Crippen LogP contribution in [0.25, 0.3) is 0 Å². The van der Waals surface area contributed by atoms with Gasteiger partial charge in [-0.1, -0.05) is 35.3 Å². The van der Waals surface area contributed by atoms with E-state index in [9.17, 15) is 10.5 Å². The molecule has 2 atom stereocenters. The first-order chi connectivity index (χ1) is 12.0. The number of nitriles is 2. The van der Waals surface area contributed by atoms with Crippen LogP contribution >= 0.6 is 23.2 Å². The van der Waals surface area contributed by atoms with E-state index < -0.39 is 5.92 Å². The zero-order valence-electron chi connectivity index (χ0n) is 13.8. The molecule has 0 radical (unpaired) electrons. The molecule has 2 rings (SSSR count). The van der Waals surface area contributed by atoms with Crippen molar-refractivity contribution in [2.45, 2.75) is 18.3 Å². The van der Waals surface area contributed by atoms with Gasteiger partial charge in [-0.15, -0.1) is 0 Å². The molecule has 25 heavy (non-hydrogen) atoms. The fraction of sp³-hybridized carbons (Fsp3) is 0.263. The summed E-state index contributed by atoms with van der Waals surface area (Å²) in [6.07, 6.45) is 0.159. The summed E-state index contributed by atoms with van der Waals surface area (Å²) in [5.74, 6) is 0.165. The molecule has 0 aliphatic carbocycles. The van der Waals surface area contributed by atoms with E-state index in [1.54, 1.807) is 44.6 Å². The summed E-state index contributed by atoms with van der Waals surface area (Å²) < 4.78 is 10.6. The van der Waals surface area contributed by atoms with Crippen molar-refractivity contribution in [3.05, 3.63) is 57.6 Å². The number of hydrogen-bond donors (Lipinski definition) is 0. The van der Waals surface area contributed by atoms with E-state index in [0.717, 1.165) is 5.56 Å². The van der Waals surface area contributed by atoms with Gasteiger partial charge in [0.05, 0.1) is 32.3 Å². The summed E-state index contributed by atoms with van der Waals surface area (Å²) in [6, 6.07) is 14.8. The first-order valence-electron chi connectivity index (χ1n) is 7.49. The summed E-state index contributed by atoms with van der Waals surface area (Å²) in [5, 5.41) is 19.9. The van der Waals surface area contributed by atoms with Gasteiger partial charge in [-0.3, -0.25) is 0 Å². The maximum absolute atomic E-state index is 9.75. The van der Waals surface area contributed by atoms with Crippen LogP contribution in [-0.4, -0.2) is 14.2 Å². The zero-order chi connectivity index (χ0) is 18.4. The fourth-order valence-corrected chi connectivity index (χ4v) is 3.27. The highest BCUT2D eigenvalue weighted by molar-refractivity contribution is 6.35. The SMILES string of the molecule is COc1ccc([C@H](CC#N)[C@@H](C#N)c2ccc(Cl)cc2Cl)cc1OC. The lowest BCUT2D eigenvalue weighted by molar-refractivity contribution is 0.354. The molecule has 0 saturated carbocycles. The molecular formula is C19H16Cl2N2O2. The first kappa shape index (κ1) is 18.9. The molecule has 0 saturated heterocycles. The predicted molar refractivity (Wildman–Crippen MR) is 97.3 cm³/mol. The monoisotopic (exact) mass is 374 g/mol. The summed E-state index contributed by atoms with van der Waals surface area (Å²) in [5.41, 5.74) is 1.44. The van der Waals surface area contributed by atoms with Crippen LogP contribution in [0.4, 0.5) is 0 Å². The van der Waals surface area contributed by atoms with Crippen molar-refractivity contribution < 1.29 is 9.47 Å². The number of nitrogens with zero attached hydrogens (tertiary/aromatic N) is 2. The Morgan fingerprint density at radius 3 is 2.28 bits per heavy atom. The van der Waals surface area contributed by atoms with E-state index in [-0.39, 0.29) is 12.3 Å². The number of rotatable bonds is 6. The minimum absolute atomic E-state index is 0.159. The maximum Gasteiger partial charge on any atom is 0.160 e. The van der Waals surface area contributed by atoms with Crippen molar-refractivity contribution in [3.63, 3.8) is 0 Å². The van der Waals surface area contributed by atoms with E-state index in [1.165, 1.54) is 0 Å². The van der Waals surface area contributed by atoms with Gasteiger partial charge in [0, 0.05) is 22.4 Å². The summed E-state index contributed by atoms with van der Waals surface area (Å²) in [6.45, 7) is 0. The van der Waals surface area contributed by atoms with E-state index in [4.69, 9.17) is 32.7 Å². The average Bonchev–Trinajstić information content (AvgIpc) is 2.62. The van der Waals surface area contributed by atoms with E-state index in [1.807, 2.05) is 6.07 Å². The normalized spacial score (nSPS) is 12.6. The molecule has 2 aromatic carbocycles. The standard InChI is InChI=1S/C19H16Cl2N2O2/c1-24-18-6-3-12(9-19(18)25-2)14(7-8-22)16(11-23)15-5-4-13(20)10-17(15)21/h3-6,9-10,14,16H,7H2,1-2H3/t14-,16+/m0/s1. The van der Waals surface area contributed by atoms with Gasteiger partial charge < -0.3 is 9.47 Å². The second-order valence-electron chi connectivity index (χ2n) is 5.36. The van der Waals surface area contributed by atoms with Crippen molar-refractivity contribution >= 4 is 23.2 Å². The Bertz CT molecular complexity index is 840. The Morgan fingerprint density at radius 1 is 1.00 bits per heavy atom. The summed E-state index contributed by atoms with van der Waals surface area (Å²) in [7, 11) is 3.09. The molecule has 0 heterocycles. The Labute approximate surface area is 157 Å². The lowest BCUT2D eigenvalue weighted by Gasteiger charge is -2.22. The third-order valence-electron chi connectivity index (χ3n) is 3.99. The number of halogens is 2. The van der Waals surface area contributed by atoms with Crippen LogP contribution in [0.1, 0.15) is 29.4 Å². The van der Waals surface area contributed by atoms with E-state index in [2.05, 4.69) is 12.1 Å². The Hall–Kier alpha value is -2.40. The van der Waals surface area contributed by atoms with Crippen LogP contribution in [0.3, 0.4) is 0 Å². The van der Waals surface area contributed by atoms with Crippen LogP contribution in [0.5, 0.6) is 11.5 Å². The van der Waals surface area contributed by atoms with E-state index >= 15 is 0 Å². The molecular weight excluding hydrogens is 359 g/mol. The number of methoxy groups -OCH3 is 2. The molecule has 6 heteroatoms. The highest BCUT2D eigenvalue weighted by Crippen LogP contribution is 2.41. The molecule has 0 spiro atoms. The van der Waals surface area contributed by atoms with Crippen LogP contribution < -0.4 is 9.47 Å². The van der Waals surface area contributed by atoms with Crippen molar-refractivity contribution in [3.8, 4) is 23.6 Å². The fourth-order valence-electron chi connectivity index (χ4n) is 2.74. The van der Waals surface area contributed by atoms with Crippen molar-refractivity contribution in [1.82, 2.24) is 0 Å². The van der Waals surface area contributed by atoms with E-state index in [0.29, 0.717) is 27.1 Å². The second-order valence-corrected chi connectivity index (χ2v) is 6.20. The van der Waals surface area contributed by atoms with Gasteiger partial charge in [0.2, 0.25) is 0 Å². The molecule has 2 aromatic rings. The number of ether oxygens (including phenoxy) is 2. The van der Waals surface area contributed by atoms with Gasteiger partial charge in [-0.05, 0) is 35.4 Å². The quantitative estimate of drug-likeness (QED) is 0.686. The van der Waals surface area contributed by atoms with Gasteiger partial charge in [-0.2, -0.15) is 10.5 Å². The average molecular weight is 375 g/mol. The molecule has 0 bridgehead atoms. The van der Waals surface area contributed by atoms with Crippen molar-refractivity contribution in [1.29, 1.82) is 10.5 Å². The Morgan fingerprint density at radius 2 is 1.72 bits per heavy atom. The number of benzene rings is 2. The molecule has 128 valence electrons. The highest BCUT2D eigenvalue weighted by Gasteiger charge is 2.27. The van der Waals surface area contributed by atoms with Gasteiger partial charge in [-0.25, -0.2) is 0 Å². The maximum atomic E-state index is 9.75. The van der Waals surface area contributed by atoms with Crippen LogP contribution in [-0.2, 0) is 0 Å². The third-order valence-corrected chi connectivity index (χ3v) is 4.55. The van der Waals surface area contributed by atoms with Gasteiger partial charge in [0.1, 0.15) is 0 Å². The molecule has 0 fully saturated rings. The molecule has 0 aliphatic heterocycles. The molecule has 0 aromatic heterocycles. The molecule has 0 unspecified atom stereocenters. The second kappa shape index (κ2) is 8.62. The van der Waals surface area contributed by atoms with Crippen LogP contribution in [0.2, 0.25) is 10.0 Å². The van der Waals surface area contributed by atoms with Gasteiger partial charge in [0.25, 0.3) is 0 Å². The zero-order valence-corrected chi connectivity index (χ0v) is 15.3. The minimum atomic E-state index is -0.595. The summed E-state index contributed by atoms with van der Waals surface area (Å²) >= 11 is 12.2. The Balaban J connectivity index is 2.52. The summed E-state index contributed by atoms with van der Waals surface area (Å²) in [4.78, 5) is 0. The van der Waals surface area contributed by atoms with Crippen LogP contribution in [0, 0.1) is 22.7 Å². The molecule has 4 nitrogen and oxygen atoms in total. The first-order valence-corrected chi connectivity index (χ1v) is 8.24. The van der Waals surface area contributed by atoms with Crippen LogP contribution in [0.15, 0.2) is 36.4 Å². The molecule has 0 amide bonds. The number of hydrogen-bond acceptors (Lipinski definition) is 4. The van der Waals surface area contributed by atoms with Gasteiger partial charge >= 0.3 is 0 Å². The lowest BCUT2D eigenvalue weighted by atomic mass is 9.80. The topological polar surface area (TPSA) is 66.0 Å². The third kappa shape index (κ3) is 4.17. The predicted octanol–water partition coefficient (Wildman–Crippen LogP) is 5.32. The highest BCUT2D eigenvalue weighted by atomic mass is 35.5. The van der Waals surface area contributed by atoms with Gasteiger partial charge in [0.15, 0.2) is 11.5 Å². The minimum Gasteiger partial charge on any atom is -0.493 e. The smallest absolute Gasteiger partial charge is 0.160 e. The Kier molecular flexibility index (Phi) is 6.53. The molecule has 0 N–H and O–H groups in total. The largest absolute Gasteiger partial charge is 0.493 e. The van der Waals surface area contributed by atoms with Crippen molar-refractivity contribution in [2.75, 3.05) is 14.2 Å². The van der Waals surface area contributed by atoms with Crippen molar-refractivity contribution in [2.24, 2.45) is 0 Å². The lowest BCUT2D eigenvalue weighted by Crippen LogP contribution is -2.11. The molecule has 0 aliphatic rings.